The van der Waals surface area contributed by atoms with Crippen LogP contribution >= 0.6 is 11.6 Å². The fraction of sp³-hybridized carbons (Fsp3) is 0.222. The summed E-state index contributed by atoms with van der Waals surface area (Å²) >= 11 is 6.08. The standard InChI is InChI=1S/C18H18ClN3O2/c19-15-8-4-5-9-16(15)20-18(23)21-17(14-6-2-1-3-7-14)22-10-12-24-13-11-22/h1-9H,10-13H2,(H,20,23). The largest absolute Gasteiger partial charge is 0.378 e. The van der Waals surface area contributed by atoms with E-state index in [2.05, 4.69) is 15.2 Å². The quantitative estimate of drug-likeness (QED) is 0.669. The van der Waals surface area contributed by atoms with Crippen LogP contribution in [0, 0.1) is 0 Å². The van der Waals surface area contributed by atoms with Gasteiger partial charge in [-0.15, -0.1) is 0 Å². The molecule has 2 amide bonds. The smallest absolute Gasteiger partial charge is 0.347 e. The topological polar surface area (TPSA) is 53.9 Å². The first-order chi connectivity index (χ1) is 11.7. The summed E-state index contributed by atoms with van der Waals surface area (Å²) in [5, 5.41) is 3.21. The molecule has 0 aliphatic carbocycles. The van der Waals surface area contributed by atoms with Crippen molar-refractivity contribution in [3.8, 4) is 0 Å². The maximum Gasteiger partial charge on any atom is 0.347 e. The predicted octanol–water partition coefficient (Wildman–Crippen LogP) is 3.65. The lowest BCUT2D eigenvalue weighted by Gasteiger charge is -2.29. The van der Waals surface area contributed by atoms with Crippen LogP contribution in [0.15, 0.2) is 59.6 Å². The molecular weight excluding hydrogens is 326 g/mol. The highest BCUT2D eigenvalue weighted by Gasteiger charge is 2.18. The Kier molecular flexibility index (Phi) is 5.46. The number of amides is 2. The summed E-state index contributed by atoms with van der Waals surface area (Å²) in [6, 6.07) is 16.3. The van der Waals surface area contributed by atoms with E-state index in [1.54, 1.807) is 12.1 Å². The Bertz CT molecular complexity index is 728. The molecule has 6 heteroatoms. The van der Waals surface area contributed by atoms with Crippen molar-refractivity contribution in [1.82, 2.24) is 4.90 Å². The number of nitrogens with one attached hydrogen (secondary N) is 1. The first kappa shape index (κ1) is 16.5. The number of halogens is 1. The monoisotopic (exact) mass is 343 g/mol. The molecule has 1 aliphatic heterocycles. The molecule has 0 unspecified atom stereocenters. The van der Waals surface area contributed by atoms with E-state index in [1.165, 1.54) is 0 Å². The highest BCUT2D eigenvalue weighted by Crippen LogP contribution is 2.20. The lowest BCUT2D eigenvalue weighted by atomic mass is 10.2. The highest BCUT2D eigenvalue weighted by molar-refractivity contribution is 6.33. The summed E-state index contributed by atoms with van der Waals surface area (Å²) in [5.74, 6) is 0.642. The van der Waals surface area contributed by atoms with Crippen molar-refractivity contribution in [3.63, 3.8) is 0 Å². The fourth-order valence-electron chi connectivity index (χ4n) is 2.48. The van der Waals surface area contributed by atoms with Crippen molar-refractivity contribution in [1.29, 1.82) is 0 Å². The third kappa shape index (κ3) is 4.13. The number of amidine groups is 1. The van der Waals surface area contributed by atoms with Gasteiger partial charge in [-0.3, -0.25) is 0 Å². The molecule has 1 heterocycles. The van der Waals surface area contributed by atoms with Crippen LogP contribution in [0.5, 0.6) is 0 Å². The lowest BCUT2D eigenvalue weighted by molar-refractivity contribution is 0.0682. The number of hydrogen-bond donors (Lipinski definition) is 1. The van der Waals surface area contributed by atoms with Gasteiger partial charge in [0.15, 0.2) is 0 Å². The first-order valence-electron chi connectivity index (χ1n) is 7.76. The van der Waals surface area contributed by atoms with Gasteiger partial charge in [0.2, 0.25) is 0 Å². The number of hydrogen-bond acceptors (Lipinski definition) is 2. The molecule has 5 nitrogen and oxygen atoms in total. The van der Waals surface area contributed by atoms with Crippen molar-refractivity contribution in [3.05, 3.63) is 65.2 Å². The molecule has 0 atom stereocenters. The van der Waals surface area contributed by atoms with E-state index in [1.807, 2.05) is 42.5 Å². The minimum Gasteiger partial charge on any atom is -0.378 e. The number of para-hydroxylation sites is 1. The Labute approximate surface area is 145 Å². The van der Waals surface area contributed by atoms with Crippen molar-refractivity contribution in [2.24, 2.45) is 4.99 Å². The summed E-state index contributed by atoms with van der Waals surface area (Å²) in [5.41, 5.74) is 1.44. The number of benzene rings is 2. The lowest BCUT2D eigenvalue weighted by Crippen LogP contribution is -2.41. The van der Waals surface area contributed by atoms with Gasteiger partial charge in [0.25, 0.3) is 0 Å². The molecule has 1 N–H and O–H groups in total. The number of carbonyl (C=O) groups is 1. The van der Waals surface area contributed by atoms with Crippen LogP contribution in [-0.4, -0.2) is 43.1 Å². The van der Waals surface area contributed by atoms with Crippen molar-refractivity contribution < 1.29 is 9.53 Å². The fourth-order valence-corrected chi connectivity index (χ4v) is 2.67. The number of anilines is 1. The molecule has 1 saturated heterocycles. The van der Waals surface area contributed by atoms with Gasteiger partial charge in [0.1, 0.15) is 5.84 Å². The van der Waals surface area contributed by atoms with E-state index in [-0.39, 0.29) is 0 Å². The summed E-state index contributed by atoms with van der Waals surface area (Å²) in [6.45, 7) is 2.65. The van der Waals surface area contributed by atoms with Gasteiger partial charge in [-0.2, -0.15) is 4.99 Å². The van der Waals surface area contributed by atoms with Gasteiger partial charge in [0.05, 0.1) is 23.9 Å². The van der Waals surface area contributed by atoms with Gasteiger partial charge < -0.3 is 15.0 Å². The second-order valence-corrected chi connectivity index (χ2v) is 5.72. The molecule has 24 heavy (non-hydrogen) atoms. The number of urea groups is 1. The van der Waals surface area contributed by atoms with E-state index in [9.17, 15) is 4.79 Å². The SMILES string of the molecule is O=C(N=C(c1ccccc1)N1CCOCC1)Nc1ccccc1Cl. The molecule has 2 aromatic carbocycles. The summed E-state index contributed by atoms with van der Waals surface area (Å²) in [4.78, 5) is 18.7. The van der Waals surface area contributed by atoms with Gasteiger partial charge in [0, 0.05) is 18.7 Å². The van der Waals surface area contributed by atoms with Crippen LogP contribution in [0.4, 0.5) is 10.5 Å². The van der Waals surface area contributed by atoms with E-state index in [4.69, 9.17) is 16.3 Å². The predicted molar refractivity (Wildman–Crippen MR) is 95.8 cm³/mol. The summed E-state index contributed by atoms with van der Waals surface area (Å²) in [6.07, 6.45) is 0. The van der Waals surface area contributed by atoms with Crippen LogP contribution in [0.1, 0.15) is 5.56 Å². The zero-order valence-electron chi connectivity index (χ0n) is 13.1. The molecular formula is C18H18ClN3O2. The van der Waals surface area contributed by atoms with E-state index in [0.29, 0.717) is 42.8 Å². The molecule has 1 aliphatic rings. The van der Waals surface area contributed by atoms with Crippen molar-refractivity contribution >= 4 is 29.2 Å². The number of ether oxygens (including phenoxy) is 1. The average Bonchev–Trinajstić information content (AvgIpc) is 2.63. The van der Waals surface area contributed by atoms with Crippen LogP contribution in [0.25, 0.3) is 0 Å². The zero-order chi connectivity index (χ0) is 16.8. The third-order valence-electron chi connectivity index (χ3n) is 3.67. The summed E-state index contributed by atoms with van der Waals surface area (Å²) in [7, 11) is 0. The Hall–Kier alpha value is -2.37. The minimum atomic E-state index is -0.451. The van der Waals surface area contributed by atoms with Gasteiger partial charge in [-0.1, -0.05) is 54.1 Å². The van der Waals surface area contributed by atoms with Crippen molar-refractivity contribution in [2.75, 3.05) is 31.6 Å². The molecule has 124 valence electrons. The van der Waals surface area contributed by atoms with E-state index >= 15 is 0 Å². The van der Waals surface area contributed by atoms with Gasteiger partial charge in [-0.25, -0.2) is 4.79 Å². The normalized spacial score (nSPS) is 15.2. The molecule has 0 radical (unpaired) electrons. The Balaban J connectivity index is 1.85. The minimum absolute atomic E-state index is 0.451. The second-order valence-electron chi connectivity index (χ2n) is 5.31. The zero-order valence-corrected chi connectivity index (χ0v) is 13.9. The number of morpholine rings is 1. The van der Waals surface area contributed by atoms with E-state index in [0.717, 1.165) is 5.56 Å². The van der Waals surface area contributed by atoms with Crippen LogP contribution in [0.3, 0.4) is 0 Å². The average molecular weight is 344 g/mol. The molecule has 1 fully saturated rings. The van der Waals surface area contributed by atoms with Crippen molar-refractivity contribution in [2.45, 2.75) is 0 Å². The maximum atomic E-state index is 12.4. The maximum absolute atomic E-state index is 12.4. The third-order valence-corrected chi connectivity index (χ3v) is 4.00. The Morgan fingerprint density at radius 1 is 1.04 bits per heavy atom. The Morgan fingerprint density at radius 3 is 2.42 bits per heavy atom. The van der Waals surface area contributed by atoms with Crippen LogP contribution < -0.4 is 5.32 Å². The summed E-state index contributed by atoms with van der Waals surface area (Å²) < 4.78 is 5.39. The first-order valence-corrected chi connectivity index (χ1v) is 8.14. The number of carbonyl (C=O) groups excluding carboxylic acids is 1. The van der Waals surface area contributed by atoms with Gasteiger partial charge >= 0.3 is 6.03 Å². The van der Waals surface area contributed by atoms with Crippen LogP contribution in [-0.2, 0) is 4.74 Å². The highest BCUT2D eigenvalue weighted by atomic mass is 35.5. The van der Waals surface area contributed by atoms with E-state index < -0.39 is 6.03 Å². The second kappa shape index (κ2) is 7.95. The number of aliphatic imine (C=N–C) groups is 1. The van der Waals surface area contributed by atoms with Crippen LogP contribution in [0.2, 0.25) is 5.02 Å². The molecule has 0 saturated carbocycles. The Morgan fingerprint density at radius 2 is 1.71 bits per heavy atom. The molecule has 0 aromatic heterocycles. The number of rotatable bonds is 2. The number of nitrogens with zero attached hydrogens (tertiary/aromatic N) is 2. The molecule has 3 rings (SSSR count). The molecule has 0 spiro atoms. The molecule has 0 bridgehead atoms. The van der Waals surface area contributed by atoms with Gasteiger partial charge in [-0.05, 0) is 12.1 Å². The molecule has 2 aromatic rings.